The van der Waals surface area contributed by atoms with Crippen LogP contribution in [0.25, 0.3) is 0 Å². The van der Waals surface area contributed by atoms with E-state index in [2.05, 4.69) is 10.6 Å². The predicted molar refractivity (Wildman–Crippen MR) is 41.8 cm³/mol. The van der Waals surface area contributed by atoms with E-state index in [-0.39, 0.29) is 6.42 Å². The molecule has 1 aliphatic carbocycles. The highest BCUT2D eigenvalue weighted by Crippen LogP contribution is 2.36. The molecule has 0 bridgehead atoms. The van der Waals surface area contributed by atoms with Crippen LogP contribution in [0.15, 0.2) is 0 Å². The van der Waals surface area contributed by atoms with Gasteiger partial charge in [-0.15, -0.1) is 0 Å². The normalized spacial score (nSPS) is 35.9. The summed E-state index contributed by atoms with van der Waals surface area (Å²) in [6.07, 6.45) is 0.867. The van der Waals surface area contributed by atoms with E-state index < -0.39 is 29.4 Å². The first-order valence-electron chi connectivity index (χ1n) is 4.38. The Bertz CT molecular complexity index is 327. The Balaban J connectivity index is 2.17. The molecule has 1 saturated heterocycles. The number of imide groups is 1. The highest BCUT2D eigenvalue weighted by atomic mass is 16.4. The maximum Gasteiger partial charge on any atom is 0.322 e. The van der Waals surface area contributed by atoms with E-state index in [9.17, 15) is 19.5 Å². The summed E-state index contributed by atoms with van der Waals surface area (Å²) in [5.41, 5.74) is -0.998. The molecular weight excluding hydrogens is 188 g/mol. The number of carbonyl (C=O) groups is 3. The molecule has 1 aliphatic heterocycles. The molecule has 6 heteroatoms. The molecular formula is C8H9N2O4-. The number of rotatable bonds is 1. The predicted octanol–water partition coefficient (Wildman–Crippen LogP) is -1.89. The van der Waals surface area contributed by atoms with Crippen molar-refractivity contribution in [3.05, 3.63) is 0 Å². The van der Waals surface area contributed by atoms with Crippen molar-refractivity contribution in [3.63, 3.8) is 0 Å². The van der Waals surface area contributed by atoms with Crippen LogP contribution >= 0.6 is 0 Å². The minimum Gasteiger partial charge on any atom is -0.550 e. The highest BCUT2D eigenvalue weighted by Gasteiger charge is 2.51. The molecule has 0 aromatic carbocycles. The molecule has 6 nitrogen and oxygen atoms in total. The Hall–Kier alpha value is -1.59. The first-order valence-corrected chi connectivity index (χ1v) is 4.38. The standard InChI is InChI=1S/C8H10N2O4/c11-5(12)4-1-2-8(3-4)6(13)9-7(14)10-8/h4H,1-3H2,(H,11,12)(H2,9,10,13,14)/p-1. The van der Waals surface area contributed by atoms with Crippen LogP contribution in [0.1, 0.15) is 19.3 Å². The Labute approximate surface area is 79.7 Å². The molecule has 0 aromatic heterocycles. The molecule has 2 unspecified atom stereocenters. The van der Waals surface area contributed by atoms with E-state index in [0.29, 0.717) is 12.8 Å². The largest absolute Gasteiger partial charge is 0.550 e. The first kappa shape index (κ1) is 8.98. The maximum atomic E-state index is 11.4. The topological polar surface area (TPSA) is 98.3 Å². The van der Waals surface area contributed by atoms with Gasteiger partial charge in [0.2, 0.25) is 0 Å². The number of hydrogen-bond acceptors (Lipinski definition) is 4. The van der Waals surface area contributed by atoms with Crippen LogP contribution in [0, 0.1) is 5.92 Å². The molecule has 1 heterocycles. The maximum absolute atomic E-state index is 11.4. The second kappa shape index (κ2) is 2.70. The van der Waals surface area contributed by atoms with Crippen LogP contribution < -0.4 is 15.7 Å². The lowest BCUT2D eigenvalue weighted by atomic mass is 9.96. The molecule has 3 amide bonds. The Morgan fingerprint density at radius 2 is 2.21 bits per heavy atom. The summed E-state index contributed by atoms with van der Waals surface area (Å²) in [6.45, 7) is 0. The molecule has 2 rings (SSSR count). The van der Waals surface area contributed by atoms with Crippen molar-refractivity contribution >= 4 is 17.9 Å². The summed E-state index contributed by atoms with van der Waals surface area (Å²) in [5.74, 6) is -2.22. The molecule has 2 aliphatic rings. The van der Waals surface area contributed by atoms with Crippen LogP contribution in [0.3, 0.4) is 0 Å². The minimum atomic E-state index is -1.16. The van der Waals surface area contributed by atoms with Gasteiger partial charge in [0.25, 0.3) is 5.91 Å². The Morgan fingerprint density at radius 1 is 1.50 bits per heavy atom. The quantitative estimate of drug-likeness (QED) is 0.480. The monoisotopic (exact) mass is 197 g/mol. The van der Waals surface area contributed by atoms with Crippen molar-refractivity contribution in [2.75, 3.05) is 0 Å². The summed E-state index contributed by atoms with van der Waals surface area (Å²) >= 11 is 0. The second-order valence-corrected chi connectivity index (χ2v) is 3.75. The van der Waals surface area contributed by atoms with Crippen molar-refractivity contribution in [1.29, 1.82) is 0 Å². The average Bonchev–Trinajstić information content (AvgIpc) is 2.59. The van der Waals surface area contributed by atoms with Crippen LogP contribution in [0.2, 0.25) is 0 Å². The van der Waals surface area contributed by atoms with Gasteiger partial charge in [0.05, 0.1) is 0 Å². The van der Waals surface area contributed by atoms with Gasteiger partial charge in [-0.05, 0) is 19.3 Å². The number of urea groups is 1. The third kappa shape index (κ3) is 1.14. The van der Waals surface area contributed by atoms with Crippen LogP contribution in [0.4, 0.5) is 4.79 Å². The van der Waals surface area contributed by atoms with Crippen LogP contribution in [-0.2, 0) is 9.59 Å². The van der Waals surface area contributed by atoms with Crippen molar-refractivity contribution in [3.8, 4) is 0 Å². The highest BCUT2D eigenvalue weighted by molar-refractivity contribution is 6.07. The minimum absolute atomic E-state index is 0.132. The van der Waals surface area contributed by atoms with E-state index in [1.807, 2.05) is 0 Å². The molecule has 76 valence electrons. The van der Waals surface area contributed by atoms with E-state index in [1.54, 1.807) is 0 Å². The zero-order valence-electron chi connectivity index (χ0n) is 7.33. The lowest BCUT2D eigenvalue weighted by Gasteiger charge is -2.19. The van der Waals surface area contributed by atoms with E-state index in [1.165, 1.54) is 0 Å². The Morgan fingerprint density at radius 3 is 2.64 bits per heavy atom. The second-order valence-electron chi connectivity index (χ2n) is 3.75. The SMILES string of the molecule is O=C1NC(=O)C2(CCC(C(=O)[O-])C2)N1. The van der Waals surface area contributed by atoms with Gasteiger partial charge >= 0.3 is 6.03 Å². The molecule has 2 N–H and O–H groups in total. The number of carboxylic acid groups (broad SMARTS) is 1. The molecule has 1 saturated carbocycles. The average molecular weight is 197 g/mol. The Kier molecular flexibility index (Phi) is 1.73. The van der Waals surface area contributed by atoms with Gasteiger partial charge in [-0.1, -0.05) is 0 Å². The zero-order valence-corrected chi connectivity index (χ0v) is 7.33. The summed E-state index contributed by atoms with van der Waals surface area (Å²) < 4.78 is 0. The van der Waals surface area contributed by atoms with Gasteiger partial charge in [0.1, 0.15) is 5.54 Å². The molecule has 0 radical (unpaired) electrons. The fraction of sp³-hybridized carbons (Fsp3) is 0.625. The lowest BCUT2D eigenvalue weighted by Crippen LogP contribution is -2.45. The lowest BCUT2D eigenvalue weighted by molar-refractivity contribution is -0.311. The molecule has 0 aromatic rings. The third-order valence-corrected chi connectivity index (χ3v) is 2.86. The van der Waals surface area contributed by atoms with Crippen molar-refractivity contribution in [1.82, 2.24) is 10.6 Å². The molecule has 14 heavy (non-hydrogen) atoms. The number of nitrogens with one attached hydrogen (secondary N) is 2. The summed E-state index contributed by atoms with van der Waals surface area (Å²) in [5, 5.41) is 15.2. The van der Waals surface area contributed by atoms with Crippen molar-refractivity contribution in [2.45, 2.75) is 24.8 Å². The van der Waals surface area contributed by atoms with Gasteiger partial charge in [-0.25, -0.2) is 4.79 Å². The van der Waals surface area contributed by atoms with Crippen LogP contribution in [-0.4, -0.2) is 23.4 Å². The fourth-order valence-corrected chi connectivity index (χ4v) is 2.09. The summed E-state index contributed by atoms with van der Waals surface area (Å²) in [6, 6.07) is -0.547. The van der Waals surface area contributed by atoms with E-state index in [4.69, 9.17) is 0 Å². The number of hydrogen-bond donors (Lipinski definition) is 2. The van der Waals surface area contributed by atoms with Gasteiger partial charge in [0.15, 0.2) is 0 Å². The molecule has 1 spiro atoms. The van der Waals surface area contributed by atoms with Gasteiger partial charge in [-0.2, -0.15) is 0 Å². The number of aliphatic carboxylic acids is 1. The summed E-state index contributed by atoms with van der Waals surface area (Å²) in [4.78, 5) is 32.8. The molecule has 2 fully saturated rings. The molecule has 2 atom stereocenters. The van der Waals surface area contributed by atoms with Crippen molar-refractivity contribution in [2.24, 2.45) is 5.92 Å². The first-order chi connectivity index (χ1) is 6.53. The van der Waals surface area contributed by atoms with Gasteiger partial charge < -0.3 is 15.2 Å². The van der Waals surface area contributed by atoms with Crippen LogP contribution in [0.5, 0.6) is 0 Å². The zero-order chi connectivity index (χ0) is 10.3. The van der Waals surface area contributed by atoms with Gasteiger partial charge in [-0.3, -0.25) is 10.1 Å². The number of carbonyl (C=O) groups excluding carboxylic acids is 3. The number of amides is 3. The summed E-state index contributed by atoms with van der Waals surface area (Å²) in [7, 11) is 0. The fourth-order valence-electron chi connectivity index (χ4n) is 2.09. The smallest absolute Gasteiger partial charge is 0.322 e. The van der Waals surface area contributed by atoms with E-state index >= 15 is 0 Å². The van der Waals surface area contributed by atoms with Crippen molar-refractivity contribution < 1.29 is 19.5 Å². The number of carboxylic acids is 1. The van der Waals surface area contributed by atoms with Gasteiger partial charge in [0, 0.05) is 11.9 Å². The van der Waals surface area contributed by atoms with E-state index in [0.717, 1.165) is 0 Å². The third-order valence-electron chi connectivity index (χ3n) is 2.86.